The first-order valence-corrected chi connectivity index (χ1v) is 9.75. The molecule has 0 fully saturated rings. The van der Waals surface area contributed by atoms with Gasteiger partial charge in [0.1, 0.15) is 0 Å². The van der Waals surface area contributed by atoms with E-state index >= 15 is 0 Å². The van der Waals surface area contributed by atoms with Crippen molar-refractivity contribution in [3.8, 4) is 0 Å². The Hall–Kier alpha value is -0.170. The topological polar surface area (TPSA) is 98.6 Å². The lowest BCUT2D eigenvalue weighted by Crippen LogP contribution is -2.12. The molecule has 22 heavy (non-hydrogen) atoms. The van der Waals surface area contributed by atoms with E-state index in [0.29, 0.717) is 11.8 Å². The van der Waals surface area contributed by atoms with Crippen LogP contribution in [0.5, 0.6) is 0 Å². The highest BCUT2D eigenvalue weighted by Crippen LogP contribution is 2.30. The second-order valence-electron chi connectivity index (χ2n) is 6.74. The van der Waals surface area contributed by atoms with Gasteiger partial charge in [-0.1, -0.05) is 72.1 Å². The lowest BCUT2D eigenvalue weighted by Gasteiger charge is -2.24. The van der Waals surface area contributed by atoms with Crippen molar-refractivity contribution in [1.29, 1.82) is 0 Å². The van der Waals surface area contributed by atoms with Crippen LogP contribution in [-0.4, -0.2) is 19.6 Å². The van der Waals surface area contributed by atoms with Crippen LogP contribution in [0.1, 0.15) is 91.4 Å². The van der Waals surface area contributed by atoms with Crippen LogP contribution < -0.4 is 6.15 Å². The lowest BCUT2D eigenvalue weighted by atomic mass is 9.82. The molecule has 0 bridgehead atoms. The molecule has 0 aromatic rings. The van der Waals surface area contributed by atoms with Gasteiger partial charge in [-0.25, -0.2) is 4.18 Å². The zero-order valence-electron chi connectivity index (χ0n) is 14.8. The predicted octanol–water partition coefficient (Wildman–Crippen LogP) is 5.31. The van der Waals surface area contributed by atoms with Gasteiger partial charge in [0.25, 0.3) is 0 Å². The second-order valence-corrected chi connectivity index (χ2v) is 7.83. The van der Waals surface area contributed by atoms with Gasteiger partial charge in [-0.2, -0.15) is 8.42 Å². The molecule has 0 saturated heterocycles. The van der Waals surface area contributed by atoms with E-state index in [1.165, 1.54) is 51.4 Å². The molecule has 0 unspecified atom stereocenters. The molecule has 0 atom stereocenters. The summed E-state index contributed by atoms with van der Waals surface area (Å²) in [5, 5.41) is 0. The summed E-state index contributed by atoms with van der Waals surface area (Å²) in [6.45, 7) is 6.86. The minimum atomic E-state index is -4.27. The van der Waals surface area contributed by atoms with Crippen molar-refractivity contribution in [2.75, 3.05) is 6.61 Å². The van der Waals surface area contributed by atoms with Gasteiger partial charge in [0.05, 0.1) is 6.61 Å². The van der Waals surface area contributed by atoms with Gasteiger partial charge in [-0.15, -0.1) is 0 Å². The molecule has 0 spiro atoms. The van der Waals surface area contributed by atoms with Gasteiger partial charge in [0, 0.05) is 0 Å². The summed E-state index contributed by atoms with van der Waals surface area (Å²) < 4.78 is 33.6. The van der Waals surface area contributed by atoms with E-state index in [9.17, 15) is 8.42 Å². The Morgan fingerprint density at radius 1 is 0.864 bits per heavy atom. The maximum absolute atomic E-state index is 10.4. The van der Waals surface area contributed by atoms with Crippen LogP contribution >= 0.6 is 0 Å². The van der Waals surface area contributed by atoms with E-state index in [2.05, 4.69) is 25.0 Å². The zero-order valence-corrected chi connectivity index (χ0v) is 15.6. The van der Waals surface area contributed by atoms with Gasteiger partial charge in [0.15, 0.2) is 0 Å². The SMILES string of the molecule is CCCCCCCCCC(C)(C)CCCCOS(=O)(=O)O.N. The molecule has 0 amide bonds. The number of rotatable bonds is 14. The van der Waals surface area contributed by atoms with E-state index in [1.807, 2.05) is 0 Å². The summed E-state index contributed by atoms with van der Waals surface area (Å²) in [7, 11) is -4.27. The molecular weight excluding hydrogens is 302 g/mol. The van der Waals surface area contributed by atoms with Gasteiger partial charge < -0.3 is 6.15 Å². The minimum Gasteiger partial charge on any atom is -0.344 e. The Labute approximate surface area is 137 Å². The maximum atomic E-state index is 10.4. The number of unbranched alkanes of at least 4 members (excludes halogenated alkanes) is 7. The van der Waals surface area contributed by atoms with Crippen LogP contribution in [0.3, 0.4) is 0 Å². The molecule has 0 aromatic carbocycles. The van der Waals surface area contributed by atoms with Crippen LogP contribution in [0.15, 0.2) is 0 Å². The number of hydrogen-bond acceptors (Lipinski definition) is 4. The molecule has 0 aliphatic heterocycles. The Bertz CT molecular complexity index is 342. The molecule has 6 heteroatoms. The molecule has 5 nitrogen and oxygen atoms in total. The van der Waals surface area contributed by atoms with Crippen LogP contribution in [0.4, 0.5) is 0 Å². The normalized spacial score (nSPS) is 12.2. The third-order valence-electron chi connectivity index (χ3n) is 3.94. The number of hydrogen-bond donors (Lipinski definition) is 2. The van der Waals surface area contributed by atoms with Crippen LogP contribution in [0.25, 0.3) is 0 Å². The van der Waals surface area contributed by atoms with Gasteiger partial charge in [0.2, 0.25) is 0 Å². The Morgan fingerprint density at radius 2 is 1.32 bits per heavy atom. The van der Waals surface area contributed by atoms with Gasteiger partial charge in [-0.3, -0.25) is 4.55 Å². The summed E-state index contributed by atoms with van der Waals surface area (Å²) in [6.07, 6.45) is 13.2. The second kappa shape index (κ2) is 13.3. The highest BCUT2D eigenvalue weighted by Gasteiger charge is 2.16. The van der Waals surface area contributed by atoms with E-state index in [4.69, 9.17) is 4.55 Å². The van der Waals surface area contributed by atoms with Crippen molar-refractivity contribution in [3.63, 3.8) is 0 Å². The first kappa shape index (κ1) is 24.1. The summed E-state index contributed by atoms with van der Waals surface area (Å²) in [5.74, 6) is 0. The molecule has 136 valence electrons. The Balaban J connectivity index is 0. The zero-order chi connectivity index (χ0) is 16.2. The van der Waals surface area contributed by atoms with Gasteiger partial charge in [-0.05, 0) is 24.7 Å². The molecule has 0 rings (SSSR count). The highest BCUT2D eigenvalue weighted by atomic mass is 32.3. The molecular formula is C16H37NO4S. The fraction of sp³-hybridized carbons (Fsp3) is 1.00. The summed E-state index contributed by atoms with van der Waals surface area (Å²) in [6, 6.07) is 0. The minimum absolute atomic E-state index is 0. The molecule has 0 heterocycles. The van der Waals surface area contributed by atoms with Crippen LogP contribution in [0.2, 0.25) is 0 Å². The van der Waals surface area contributed by atoms with E-state index in [1.54, 1.807) is 0 Å². The summed E-state index contributed by atoms with van der Waals surface area (Å²) in [5.41, 5.74) is 0.307. The van der Waals surface area contributed by atoms with Crippen molar-refractivity contribution in [3.05, 3.63) is 0 Å². The molecule has 0 aliphatic carbocycles. The van der Waals surface area contributed by atoms with Crippen LogP contribution in [-0.2, 0) is 14.6 Å². The largest absolute Gasteiger partial charge is 0.397 e. The molecule has 0 aliphatic rings. The predicted molar refractivity (Wildman–Crippen MR) is 92.8 cm³/mol. The van der Waals surface area contributed by atoms with Crippen molar-refractivity contribution in [1.82, 2.24) is 6.15 Å². The van der Waals surface area contributed by atoms with Crippen LogP contribution in [0, 0.1) is 5.41 Å². The van der Waals surface area contributed by atoms with Crippen molar-refractivity contribution >= 4 is 10.4 Å². The van der Waals surface area contributed by atoms with E-state index < -0.39 is 10.4 Å². The van der Waals surface area contributed by atoms with E-state index in [0.717, 1.165) is 12.8 Å². The van der Waals surface area contributed by atoms with E-state index in [-0.39, 0.29) is 12.8 Å². The Morgan fingerprint density at radius 3 is 1.82 bits per heavy atom. The third-order valence-corrected chi connectivity index (χ3v) is 4.40. The standard InChI is InChI=1S/C16H34O4S.H3N/c1-4-5-6-7-8-9-10-13-16(2,3)14-11-12-15-20-21(17,18)19;/h4-15H2,1-3H3,(H,17,18,19);1H3. The molecule has 0 radical (unpaired) electrons. The lowest BCUT2D eigenvalue weighted by molar-refractivity contribution is 0.241. The summed E-state index contributed by atoms with van der Waals surface area (Å²) >= 11 is 0. The molecule has 0 aromatic heterocycles. The van der Waals surface area contributed by atoms with Gasteiger partial charge >= 0.3 is 10.4 Å². The maximum Gasteiger partial charge on any atom is 0.397 e. The van der Waals surface area contributed by atoms with Crippen molar-refractivity contribution in [2.24, 2.45) is 5.41 Å². The Kier molecular flexibility index (Phi) is 14.5. The monoisotopic (exact) mass is 339 g/mol. The average molecular weight is 340 g/mol. The first-order valence-electron chi connectivity index (χ1n) is 8.39. The quantitative estimate of drug-likeness (QED) is 0.330. The average Bonchev–Trinajstić information content (AvgIpc) is 2.35. The smallest absolute Gasteiger partial charge is 0.344 e. The fourth-order valence-electron chi connectivity index (χ4n) is 2.56. The fourth-order valence-corrected chi connectivity index (χ4v) is 2.88. The summed E-state index contributed by atoms with van der Waals surface area (Å²) in [4.78, 5) is 0. The highest BCUT2D eigenvalue weighted by molar-refractivity contribution is 7.80. The molecule has 0 saturated carbocycles. The van der Waals surface area contributed by atoms with Crippen molar-refractivity contribution in [2.45, 2.75) is 91.4 Å². The molecule has 4 N–H and O–H groups in total. The first-order chi connectivity index (χ1) is 9.77. The van der Waals surface area contributed by atoms with Crippen molar-refractivity contribution < 1.29 is 17.2 Å². The third kappa shape index (κ3) is 17.9.